The zero-order chi connectivity index (χ0) is 40.8. The van der Waals surface area contributed by atoms with Gasteiger partial charge in [-0.3, -0.25) is 0 Å². The lowest BCUT2D eigenvalue weighted by Crippen LogP contribution is -2.12. The fourth-order valence-corrected chi connectivity index (χ4v) is 8.49. The molecule has 0 unspecified atom stereocenters. The van der Waals surface area contributed by atoms with Gasteiger partial charge in [-0.2, -0.15) is 0 Å². The molecule has 0 fully saturated rings. The smallest absolute Gasteiger partial charge is 0.0546 e. The summed E-state index contributed by atoms with van der Waals surface area (Å²) in [6.45, 7) is 0. The van der Waals surface area contributed by atoms with Crippen LogP contribution < -0.4 is 4.90 Å². The largest absolute Gasteiger partial charge is 0.310 e. The second-order valence-corrected chi connectivity index (χ2v) is 15.3. The summed E-state index contributed by atoms with van der Waals surface area (Å²) in [5.41, 5.74) is 19.9. The highest BCUT2D eigenvalue weighted by Crippen LogP contribution is 2.48. The standard InChI is InChI=1S/C60H43N/c1-5-18-44(19-6-1)50-26-15-28-52(42-50)46-34-38-54(39-35-46)61(55-40-36-47(37-41-55)53-29-16-27-51(43-53)45-20-7-2-8-21-45)59-33-17-32-57(49-24-11-4-12-25-49)60(59)58-31-14-13-30-56(58)48-22-9-3-10-23-48/h1-43H. The number of nitrogens with zero attached hydrogens (tertiary/aromatic N) is 1. The van der Waals surface area contributed by atoms with E-state index in [2.05, 4.69) is 266 Å². The third-order valence-electron chi connectivity index (χ3n) is 11.5. The fraction of sp³-hybridized carbons (Fsp3) is 0. The van der Waals surface area contributed by atoms with E-state index < -0.39 is 0 Å². The third kappa shape index (κ3) is 7.81. The number of benzene rings is 10. The summed E-state index contributed by atoms with van der Waals surface area (Å²) in [7, 11) is 0. The van der Waals surface area contributed by atoms with Crippen LogP contribution in [-0.4, -0.2) is 0 Å². The van der Waals surface area contributed by atoms with Gasteiger partial charge in [-0.15, -0.1) is 0 Å². The molecular weight excluding hydrogens is 735 g/mol. The van der Waals surface area contributed by atoms with Gasteiger partial charge in [0.05, 0.1) is 5.69 Å². The molecule has 10 aromatic carbocycles. The summed E-state index contributed by atoms with van der Waals surface area (Å²) in [6, 6.07) is 94.0. The molecule has 0 aliphatic carbocycles. The van der Waals surface area contributed by atoms with Gasteiger partial charge in [0.15, 0.2) is 0 Å². The van der Waals surface area contributed by atoms with Gasteiger partial charge in [-0.1, -0.05) is 218 Å². The van der Waals surface area contributed by atoms with E-state index in [-0.39, 0.29) is 0 Å². The molecule has 0 aromatic heterocycles. The molecule has 1 heteroatoms. The maximum absolute atomic E-state index is 2.43. The topological polar surface area (TPSA) is 3.24 Å². The summed E-state index contributed by atoms with van der Waals surface area (Å²) < 4.78 is 0. The van der Waals surface area contributed by atoms with Crippen molar-refractivity contribution in [3.63, 3.8) is 0 Å². The lowest BCUT2D eigenvalue weighted by atomic mass is 9.87. The molecule has 61 heavy (non-hydrogen) atoms. The van der Waals surface area contributed by atoms with Gasteiger partial charge >= 0.3 is 0 Å². The molecule has 0 saturated carbocycles. The number of rotatable bonds is 10. The Bertz CT molecular complexity index is 2900. The van der Waals surface area contributed by atoms with Gasteiger partial charge in [-0.05, 0) is 115 Å². The van der Waals surface area contributed by atoms with Crippen molar-refractivity contribution in [1.29, 1.82) is 0 Å². The van der Waals surface area contributed by atoms with Crippen molar-refractivity contribution in [3.8, 4) is 77.9 Å². The molecule has 0 aliphatic heterocycles. The monoisotopic (exact) mass is 777 g/mol. The predicted molar refractivity (Wildman–Crippen MR) is 259 cm³/mol. The molecule has 10 rings (SSSR count). The Morgan fingerprint density at radius 3 is 0.951 bits per heavy atom. The molecule has 0 aliphatic rings. The van der Waals surface area contributed by atoms with E-state index in [1.165, 1.54) is 77.9 Å². The normalized spacial score (nSPS) is 11.0. The van der Waals surface area contributed by atoms with Crippen LogP contribution in [0.1, 0.15) is 0 Å². The van der Waals surface area contributed by atoms with Crippen molar-refractivity contribution < 1.29 is 0 Å². The summed E-state index contributed by atoms with van der Waals surface area (Å²) in [5, 5.41) is 0. The highest BCUT2D eigenvalue weighted by atomic mass is 15.1. The molecule has 1 nitrogen and oxygen atoms in total. The zero-order valence-electron chi connectivity index (χ0n) is 33.8. The Balaban J connectivity index is 1.14. The average molecular weight is 778 g/mol. The van der Waals surface area contributed by atoms with Crippen molar-refractivity contribution in [2.24, 2.45) is 0 Å². The van der Waals surface area contributed by atoms with Crippen LogP contribution in [0.25, 0.3) is 77.9 Å². The lowest BCUT2D eigenvalue weighted by Gasteiger charge is -2.30. The molecule has 0 saturated heterocycles. The number of hydrogen-bond acceptors (Lipinski definition) is 1. The quantitative estimate of drug-likeness (QED) is 0.134. The van der Waals surface area contributed by atoms with Crippen LogP contribution in [0, 0.1) is 0 Å². The van der Waals surface area contributed by atoms with Crippen LogP contribution in [0.4, 0.5) is 17.1 Å². The van der Waals surface area contributed by atoms with Crippen LogP contribution in [0.5, 0.6) is 0 Å². The van der Waals surface area contributed by atoms with Gasteiger partial charge in [-0.25, -0.2) is 0 Å². The van der Waals surface area contributed by atoms with Gasteiger partial charge < -0.3 is 4.90 Å². The Hall–Kier alpha value is -8.00. The van der Waals surface area contributed by atoms with E-state index in [1.807, 2.05) is 0 Å². The first kappa shape index (κ1) is 37.3. The van der Waals surface area contributed by atoms with E-state index in [9.17, 15) is 0 Å². The van der Waals surface area contributed by atoms with Crippen LogP contribution >= 0.6 is 0 Å². The lowest BCUT2D eigenvalue weighted by molar-refractivity contribution is 1.28. The molecular formula is C60H43N. The minimum Gasteiger partial charge on any atom is -0.310 e. The Morgan fingerprint density at radius 1 is 0.197 bits per heavy atom. The number of anilines is 3. The number of hydrogen-bond donors (Lipinski definition) is 0. The van der Waals surface area contributed by atoms with Gasteiger partial charge in [0, 0.05) is 16.9 Å². The first-order valence-electron chi connectivity index (χ1n) is 20.9. The second-order valence-electron chi connectivity index (χ2n) is 15.3. The van der Waals surface area contributed by atoms with E-state index in [0.29, 0.717) is 0 Å². The summed E-state index contributed by atoms with van der Waals surface area (Å²) in [5.74, 6) is 0. The zero-order valence-corrected chi connectivity index (χ0v) is 33.8. The SMILES string of the molecule is c1ccc(-c2cccc(-c3ccc(N(c4ccc(-c5cccc(-c6ccccc6)c5)cc4)c4cccc(-c5ccccc5)c4-c4ccccc4-c4ccccc4)cc3)c2)cc1. The van der Waals surface area contributed by atoms with Crippen molar-refractivity contribution in [2.75, 3.05) is 4.90 Å². The van der Waals surface area contributed by atoms with E-state index in [1.54, 1.807) is 0 Å². The van der Waals surface area contributed by atoms with Gasteiger partial charge in [0.2, 0.25) is 0 Å². The average Bonchev–Trinajstić information content (AvgIpc) is 3.35. The molecule has 288 valence electrons. The third-order valence-corrected chi connectivity index (χ3v) is 11.5. The Kier molecular flexibility index (Phi) is 10.4. The summed E-state index contributed by atoms with van der Waals surface area (Å²) in [6.07, 6.45) is 0. The molecule has 0 amide bonds. The van der Waals surface area contributed by atoms with Crippen molar-refractivity contribution >= 4 is 17.1 Å². The molecule has 0 heterocycles. The minimum atomic E-state index is 1.07. The highest BCUT2D eigenvalue weighted by Gasteiger charge is 2.23. The molecule has 0 bridgehead atoms. The fourth-order valence-electron chi connectivity index (χ4n) is 8.49. The molecule has 0 spiro atoms. The second kappa shape index (κ2) is 17.1. The van der Waals surface area contributed by atoms with Crippen molar-refractivity contribution in [3.05, 3.63) is 261 Å². The van der Waals surface area contributed by atoms with Crippen LogP contribution in [0.15, 0.2) is 261 Å². The highest BCUT2D eigenvalue weighted by molar-refractivity contribution is 6.01. The van der Waals surface area contributed by atoms with Crippen molar-refractivity contribution in [1.82, 2.24) is 0 Å². The van der Waals surface area contributed by atoms with E-state index >= 15 is 0 Å². The summed E-state index contributed by atoms with van der Waals surface area (Å²) >= 11 is 0. The van der Waals surface area contributed by atoms with Crippen LogP contribution in [0.3, 0.4) is 0 Å². The molecule has 0 N–H and O–H groups in total. The first-order valence-corrected chi connectivity index (χ1v) is 20.9. The van der Waals surface area contributed by atoms with Crippen LogP contribution in [0.2, 0.25) is 0 Å². The van der Waals surface area contributed by atoms with E-state index in [0.717, 1.165) is 17.1 Å². The summed E-state index contributed by atoms with van der Waals surface area (Å²) in [4.78, 5) is 2.43. The van der Waals surface area contributed by atoms with Gasteiger partial charge in [0.25, 0.3) is 0 Å². The Morgan fingerprint density at radius 2 is 0.508 bits per heavy atom. The van der Waals surface area contributed by atoms with Crippen molar-refractivity contribution in [2.45, 2.75) is 0 Å². The maximum Gasteiger partial charge on any atom is 0.0546 e. The minimum absolute atomic E-state index is 1.07. The molecule has 10 aromatic rings. The van der Waals surface area contributed by atoms with Crippen LogP contribution in [-0.2, 0) is 0 Å². The first-order chi connectivity index (χ1) is 30.3. The molecule has 0 radical (unpaired) electrons. The predicted octanol–water partition coefficient (Wildman–Crippen LogP) is 16.8. The maximum atomic E-state index is 2.43. The Labute approximate surface area is 359 Å². The van der Waals surface area contributed by atoms with E-state index in [4.69, 9.17) is 0 Å². The van der Waals surface area contributed by atoms with Gasteiger partial charge in [0.1, 0.15) is 0 Å². The molecule has 0 atom stereocenters.